The van der Waals surface area contributed by atoms with Crippen molar-refractivity contribution >= 4 is 11.9 Å². The van der Waals surface area contributed by atoms with Gasteiger partial charge in [0.15, 0.2) is 17.3 Å². The Balaban J connectivity index is 2.66. The number of ether oxygens (including phenoxy) is 1. The Hall–Kier alpha value is -2.03. The van der Waals surface area contributed by atoms with Crippen LogP contribution < -0.4 is 4.74 Å². The van der Waals surface area contributed by atoms with Crippen LogP contribution in [0.4, 0.5) is 0 Å². The van der Waals surface area contributed by atoms with E-state index in [1.807, 2.05) is 19.9 Å². The fourth-order valence-corrected chi connectivity index (χ4v) is 1.56. The fourth-order valence-electron chi connectivity index (χ4n) is 1.56. The van der Waals surface area contributed by atoms with Gasteiger partial charge in [-0.3, -0.25) is 4.79 Å². The molecule has 0 spiro atoms. The molecule has 1 aromatic rings. The van der Waals surface area contributed by atoms with E-state index in [-0.39, 0.29) is 11.5 Å². The first-order valence-corrected chi connectivity index (χ1v) is 6.50. The average Bonchev–Trinajstić information content (AvgIpc) is 2.39. The van der Waals surface area contributed by atoms with Gasteiger partial charge in [0.2, 0.25) is 0 Å². The average molecular weight is 260 g/mol. The minimum absolute atomic E-state index is 0.132. The zero-order valence-corrected chi connectivity index (χ0v) is 11.4. The fraction of sp³-hybridized carbons (Fsp3) is 0.312. The standard InChI is InChI=1S/C16H20O3/c1-3-7-14(17)9-6-5-8-13-10-11-15(18)16(12-13)19-4-2/h5-6,8-12,18H,3-4,7H2,1-2H3. The topological polar surface area (TPSA) is 46.5 Å². The van der Waals surface area contributed by atoms with Gasteiger partial charge < -0.3 is 9.84 Å². The predicted octanol–water partition coefficient (Wildman–Crippen LogP) is 3.73. The Morgan fingerprint density at radius 2 is 2.11 bits per heavy atom. The Kier molecular flexibility index (Phi) is 6.44. The van der Waals surface area contributed by atoms with Gasteiger partial charge in [-0.25, -0.2) is 0 Å². The number of phenols is 1. The van der Waals surface area contributed by atoms with E-state index in [9.17, 15) is 9.90 Å². The second-order valence-corrected chi connectivity index (χ2v) is 4.09. The molecule has 0 fully saturated rings. The second kappa shape index (κ2) is 8.14. The zero-order valence-electron chi connectivity index (χ0n) is 11.4. The first-order chi connectivity index (χ1) is 9.17. The highest BCUT2D eigenvalue weighted by molar-refractivity contribution is 5.89. The Bertz CT molecular complexity index is 473. The van der Waals surface area contributed by atoms with Crippen LogP contribution >= 0.6 is 0 Å². The van der Waals surface area contributed by atoms with Crippen molar-refractivity contribution in [1.82, 2.24) is 0 Å². The molecule has 0 radical (unpaired) electrons. The third-order valence-corrected chi connectivity index (χ3v) is 2.46. The number of ketones is 1. The quantitative estimate of drug-likeness (QED) is 0.600. The highest BCUT2D eigenvalue weighted by Gasteiger charge is 2.01. The van der Waals surface area contributed by atoms with Gasteiger partial charge in [-0.05, 0) is 37.1 Å². The molecule has 102 valence electrons. The van der Waals surface area contributed by atoms with E-state index in [0.29, 0.717) is 18.8 Å². The lowest BCUT2D eigenvalue weighted by Gasteiger charge is -2.05. The van der Waals surface area contributed by atoms with Crippen molar-refractivity contribution < 1.29 is 14.6 Å². The number of hydrogen-bond acceptors (Lipinski definition) is 3. The lowest BCUT2D eigenvalue weighted by molar-refractivity contribution is -0.114. The Morgan fingerprint density at radius 1 is 1.32 bits per heavy atom. The molecule has 0 amide bonds. The maximum Gasteiger partial charge on any atom is 0.161 e. The summed E-state index contributed by atoms with van der Waals surface area (Å²) in [5.41, 5.74) is 0.911. The van der Waals surface area contributed by atoms with Crippen LogP contribution in [0, 0.1) is 0 Å². The normalized spacial score (nSPS) is 11.3. The summed E-state index contributed by atoms with van der Waals surface area (Å²) in [6.45, 7) is 4.35. The number of carbonyl (C=O) groups excluding carboxylic acids is 1. The van der Waals surface area contributed by atoms with Gasteiger partial charge in [0, 0.05) is 6.42 Å². The summed E-state index contributed by atoms with van der Waals surface area (Å²) in [4.78, 5) is 11.3. The van der Waals surface area contributed by atoms with E-state index in [0.717, 1.165) is 12.0 Å². The number of carbonyl (C=O) groups is 1. The molecule has 0 unspecified atom stereocenters. The highest BCUT2D eigenvalue weighted by atomic mass is 16.5. The third kappa shape index (κ3) is 5.42. The molecule has 3 nitrogen and oxygen atoms in total. The van der Waals surface area contributed by atoms with Crippen molar-refractivity contribution in [3.05, 3.63) is 42.0 Å². The minimum Gasteiger partial charge on any atom is -0.504 e. The molecule has 0 aliphatic heterocycles. The lowest BCUT2D eigenvalue weighted by Crippen LogP contribution is -1.91. The van der Waals surface area contributed by atoms with Crippen molar-refractivity contribution in [2.24, 2.45) is 0 Å². The molecule has 0 aromatic heterocycles. The number of phenolic OH excluding ortho intramolecular Hbond substituents is 1. The monoisotopic (exact) mass is 260 g/mol. The molecule has 0 aliphatic rings. The molecule has 19 heavy (non-hydrogen) atoms. The molecule has 3 heteroatoms. The van der Waals surface area contributed by atoms with E-state index in [1.165, 1.54) is 0 Å². The molecular weight excluding hydrogens is 240 g/mol. The first kappa shape index (κ1) is 15.0. The Labute approximate surface area is 114 Å². The predicted molar refractivity (Wildman–Crippen MR) is 77.4 cm³/mol. The minimum atomic E-state index is 0.132. The Morgan fingerprint density at radius 3 is 2.79 bits per heavy atom. The molecule has 0 saturated carbocycles. The molecule has 0 saturated heterocycles. The summed E-state index contributed by atoms with van der Waals surface area (Å²) >= 11 is 0. The van der Waals surface area contributed by atoms with Crippen LogP contribution in [-0.2, 0) is 4.79 Å². The molecule has 0 atom stereocenters. The van der Waals surface area contributed by atoms with Crippen LogP contribution in [-0.4, -0.2) is 17.5 Å². The van der Waals surface area contributed by atoms with E-state index in [2.05, 4.69) is 0 Å². The SMILES string of the molecule is CCCC(=O)C=CC=Cc1ccc(O)c(OCC)c1. The van der Waals surface area contributed by atoms with Crippen LogP contribution in [0.1, 0.15) is 32.3 Å². The van der Waals surface area contributed by atoms with Crippen LogP contribution in [0.15, 0.2) is 36.4 Å². The van der Waals surface area contributed by atoms with Crippen LogP contribution in [0.25, 0.3) is 6.08 Å². The summed E-state index contributed by atoms with van der Waals surface area (Å²) in [5, 5.41) is 9.56. The van der Waals surface area contributed by atoms with Gasteiger partial charge in [0.05, 0.1) is 6.61 Å². The van der Waals surface area contributed by atoms with Crippen molar-refractivity contribution in [2.75, 3.05) is 6.61 Å². The third-order valence-electron chi connectivity index (χ3n) is 2.46. The number of hydrogen-bond donors (Lipinski definition) is 1. The highest BCUT2D eigenvalue weighted by Crippen LogP contribution is 2.27. The van der Waals surface area contributed by atoms with E-state index < -0.39 is 0 Å². The van der Waals surface area contributed by atoms with Crippen LogP contribution in [0.5, 0.6) is 11.5 Å². The van der Waals surface area contributed by atoms with Crippen molar-refractivity contribution in [2.45, 2.75) is 26.7 Å². The van der Waals surface area contributed by atoms with E-state index in [1.54, 1.807) is 36.4 Å². The van der Waals surface area contributed by atoms with Crippen LogP contribution in [0.3, 0.4) is 0 Å². The van der Waals surface area contributed by atoms with Crippen LogP contribution in [0.2, 0.25) is 0 Å². The number of allylic oxidation sites excluding steroid dienone is 3. The first-order valence-electron chi connectivity index (χ1n) is 6.50. The second-order valence-electron chi connectivity index (χ2n) is 4.09. The lowest BCUT2D eigenvalue weighted by atomic mass is 10.1. The van der Waals surface area contributed by atoms with Gasteiger partial charge in [-0.15, -0.1) is 0 Å². The summed E-state index contributed by atoms with van der Waals surface area (Å²) in [5.74, 6) is 0.733. The van der Waals surface area contributed by atoms with Crippen molar-refractivity contribution in [1.29, 1.82) is 0 Å². The molecule has 0 heterocycles. The van der Waals surface area contributed by atoms with Gasteiger partial charge in [-0.2, -0.15) is 0 Å². The van der Waals surface area contributed by atoms with Gasteiger partial charge in [0.25, 0.3) is 0 Å². The largest absolute Gasteiger partial charge is 0.504 e. The number of aromatic hydroxyl groups is 1. The summed E-state index contributed by atoms with van der Waals surface area (Å²) < 4.78 is 5.30. The molecule has 1 rings (SSSR count). The van der Waals surface area contributed by atoms with Crippen molar-refractivity contribution in [3.63, 3.8) is 0 Å². The molecule has 1 aromatic carbocycles. The molecular formula is C16H20O3. The van der Waals surface area contributed by atoms with Crippen molar-refractivity contribution in [3.8, 4) is 11.5 Å². The van der Waals surface area contributed by atoms with E-state index >= 15 is 0 Å². The molecule has 0 bridgehead atoms. The maximum atomic E-state index is 11.3. The maximum absolute atomic E-state index is 11.3. The number of benzene rings is 1. The number of rotatable bonds is 7. The molecule has 1 N–H and O–H groups in total. The van der Waals surface area contributed by atoms with Gasteiger partial charge in [0.1, 0.15) is 0 Å². The summed E-state index contributed by atoms with van der Waals surface area (Å²) in [7, 11) is 0. The van der Waals surface area contributed by atoms with Gasteiger partial charge in [-0.1, -0.05) is 31.2 Å². The van der Waals surface area contributed by atoms with Gasteiger partial charge >= 0.3 is 0 Å². The molecule has 0 aliphatic carbocycles. The van der Waals surface area contributed by atoms with E-state index in [4.69, 9.17) is 4.74 Å². The summed E-state index contributed by atoms with van der Waals surface area (Å²) in [6, 6.07) is 5.14. The zero-order chi connectivity index (χ0) is 14.1. The smallest absolute Gasteiger partial charge is 0.161 e. The summed E-state index contributed by atoms with van der Waals surface area (Å²) in [6.07, 6.45) is 8.41.